The Hall–Kier alpha value is -11.2. The number of carbonyl (C=O) groups is 17. The van der Waals surface area contributed by atoms with Crippen molar-refractivity contribution in [1.82, 2.24) is 90.4 Å². The topological polar surface area (TPSA) is 714 Å². The second kappa shape index (κ2) is 67.2. The van der Waals surface area contributed by atoms with Crippen molar-refractivity contribution in [3.63, 3.8) is 0 Å². The van der Waals surface area contributed by atoms with Crippen LogP contribution >= 0.6 is 0 Å². The molecule has 0 aromatic heterocycles. The maximum atomic E-state index is 14.4. The van der Waals surface area contributed by atoms with E-state index in [1.54, 1.807) is 81.4 Å². The fourth-order valence-corrected chi connectivity index (χ4v) is 15.1. The van der Waals surface area contributed by atoms with Crippen molar-refractivity contribution < 1.29 is 136 Å². The number of unbranched alkanes of at least 4 members (excludes halogenated alkanes) is 4. The summed E-state index contributed by atoms with van der Waals surface area (Å²) in [7, 11) is 0. The highest BCUT2D eigenvalue weighted by Crippen LogP contribution is 2.33. The Balaban J connectivity index is 1.32. The van der Waals surface area contributed by atoms with Gasteiger partial charge in [0.25, 0.3) is 0 Å². The second-order valence-corrected chi connectivity index (χ2v) is 35.6. The first kappa shape index (κ1) is 121. The van der Waals surface area contributed by atoms with Gasteiger partial charge in [-0.15, -0.1) is 0 Å². The molecule has 47 nitrogen and oxygen atoms in total. The highest BCUT2D eigenvalue weighted by Gasteiger charge is 2.44. The fourth-order valence-electron chi connectivity index (χ4n) is 15.1. The van der Waals surface area contributed by atoms with E-state index in [0.717, 1.165) is 46.0 Å². The molecule has 140 heavy (non-hydrogen) atoms. The molecule has 2 fully saturated rings. The quantitative estimate of drug-likeness (QED) is 0.0275. The van der Waals surface area contributed by atoms with Crippen molar-refractivity contribution in [2.75, 3.05) is 112 Å². The van der Waals surface area contributed by atoms with Gasteiger partial charge in [0.15, 0.2) is 0 Å². The number of aliphatic carboxylic acids is 1. The average Bonchev–Trinajstić information content (AvgIpc) is 1.66. The molecule has 2 aromatic rings. The third-order valence-electron chi connectivity index (χ3n) is 23.2. The van der Waals surface area contributed by atoms with Crippen LogP contribution < -0.4 is 102 Å². The van der Waals surface area contributed by atoms with E-state index in [0.29, 0.717) is 82.3 Å². The molecule has 0 radical (unpaired) electrons. The number of rotatable bonds is 73. The maximum absolute atomic E-state index is 14.4. The minimum absolute atomic E-state index is 0.000487. The predicted molar refractivity (Wildman–Crippen MR) is 508 cm³/mol. The van der Waals surface area contributed by atoms with Gasteiger partial charge in [-0.25, -0.2) is 4.79 Å². The van der Waals surface area contributed by atoms with Crippen LogP contribution in [0.2, 0.25) is 0 Å². The average molecular weight is 1990 g/mol. The Morgan fingerprint density at radius 3 is 1.29 bits per heavy atom. The molecular weight excluding hydrogens is 1830 g/mol. The van der Waals surface area contributed by atoms with Crippen LogP contribution in [0.1, 0.15) is 170 Å². The van der Waals surface area contributed by atoms with E-state index in [-0.39, 0.29) is 121 Å². The third-order valence-corrected chi connectivity index (χ3v) is 23.2. The number of benzene rings is 2. The molecule has 1 aliphatic carbocycles. The van der Waals surface area contributed by atoms with Crippen LogP contribution in [0, 0.1) is 23.7 Å². The van der Waals surface area contributed by atoms with Crippen molar-refractivity contribution >= 4 is 101 Å². The molecule has 1 saturated heterocycles. The minimum Gasteiger partial charge on any atom is -0.481 e. The molecule has 2 aromatic carbocycles. The molecule has 47 heteroatoms. The Morgan fingerprint density at radius 2 is 0.793 bits per heavy atom. The summed E-state index contributed by atoms with van der Waals surface area (Å²) in [6.45, 7) is 12.7. The van der Waals surface area contributed by atoms with Gasteiger partial charge in [0.1, 0.15) is 72.5 Å². The number of hydrogen-bond donors (Lipinski definition) is 25. The summed E-state index contributed by atoms with van der Waals surface area (Å²) in [5.74, 6) is -17.3. The van der Waals surface area contributed by atoms with Gasteiger partial charge < -0.3 is 156 Å². The lowest BCUT2D eigenvalue weighted by atomic mass is 9.96. The number of nitrogens with one attached hydrogen (secondary N) is 17. The molecule has 2 unspecified atom stereocenters. The van der Waals surface area contributed by atoms with Gasteiger partial charge in [-0.1, -0.05) is 135 Å². The van der Waals surface area contributed by atoms with Crippen LogP contribution in [0.5, 0.6) is 0 Å². The third kappa shape index (κ3) is 46.0. The molecule has 2 aliphatic rings. The van der Waals surface area contributed by atoms with E-state index < -0.39 is 224 Å². The van der Waals surface area contributed by atoms with Crippen LogP contribution in [-0.2, 0) is 113 Å². The van der Waals surface area contributed by atoms with Gasteiger partial charge in [-0.05, 0) is 107 Å². The fraction of sp³-hybridized carbons (Fsp3) is 0.688. The number of carbonyl (C=O) groups excluding carboxylic acids is 16. The zero-order chi connectivity index (χ0) is 104. The number of urea groups is 1. The standard InChI is InChI=1S/C93H153N19O28/c1-10-11-14-28-64(82(124)104-69(51-113)87(129)105-71(53-115)88(130)110-79(58(9)117)92(134)109-76(55(4)5)89(131)106-70(52-114)86(128)103-68(49-95)54(2)3)100-85(127)67(48-75(121)122)102-91(133)78(57(8)116)111-90(132)77(56(6)7)108-83(125)63(29-21-22-34-94)98-74(120)50-97-81(123)65(46-59-23-15-12-16-24-59)101-84(126)66(47-60-25-17-13-18-26-60)99-73(119)33-36-136-38-40-138-42-44-140-45-43-139-41-39-137-37-35-96-72(118)30-20-19-27-61-31-32-62-80(61)112-93(135)107-62/h12-13,15-18,23-26,54-58,61-71,76-80,113-117H,10-11,14,19-22,27-53,94-95H2,1-9H3,(H,96,118)(H,97,123)(H,98,120)(H,99,119)(H,100,127)(H,101,126)(H,102,133)(H,103,128)(H,104,124)(H,105,129)(H,106,131)(H,108,125)(H,109,134)(H,110,130)(H,111,132)(H,121,122)(H2,107,112,135)/t57-,58-,61-,62-,63-,64-,65-,66-,67+,68+,69+,70+,71-,76-,77+,78?,79?,80+/m1/s1. The molecule has 1 saturated carbocycles. The normalized spacial score (nSPS) is 17.0. The zero-order valence-corrected chi connectivity index (χ0v) is 81.8. The van der Waals surface area contributed by atoms with Crippen LogP contribution in [0.25, 0.3) is 0 Å². The molecule has 0 bridgehead atoms. The van der Waals surface area contributed by atoms with Crippen LogP contribution in [0.3, 0.4) is 0 Å². The van der Waals surface area contributed by atoms with E-state index in [1.807, 2.05) is 0 Å². The summed E-state index contributed by atoms with van der Waals surface area (Å²) < 4.78 is 27.9. The van der Waals surface area contributed by atoms with E-state index in [9.17, 15) is 112 Å². The SMILES string of the molecule is CCCCC[C@@H](NC(=O)[C@H](CC(=O)O)NC(=O)C(NC(=O)[C@@H](NC(=O)[C@@H](CCCCN)NC(=O)CNC(=O)[C@@H](Cc1ccccc1)NC(=O)[C@@H](Cc1ccccc1)NC(=O)CCOCCOCCOCCOCCOCCNC(=O)CCCC[C@@H]1CC[C@H]2NC(=O)N[C@@H]12)C(C)C)[C@@H](C)O)C(=O)N[C@@H](CO)C(=O)N[C@H](CO)C(=O)NC(C(=O)N[C@@H](C(=O)N[C@@H](CO)C(=O)N[C@@H](CN)C(C)C)C(C)C)[C@@H](C)O. The van der Waals surface area contributed by atoms with Crippen molar-refractivity contribution in [2.45, 2.75) is 274 Å². The Kier molecular flexibility index (Phi) is 58.1. The number of aliphatic hydroxyl groups excluding tert-OH is 5. The number of carboxylic acid groups (broad SMARTS) is 1. The zero-order valence-electron chi connectivity index (χ0n) is 81.8. The van der Waals surface area contributed by atoms with E-state index in [4.69, 9.17) is 35.2 Å². The molecule has 27 N–H and O–H groups in total. The molecule has 4 rings (SSSR count). The smallest absolute Gasteiger partial charge is 0.315 e. The van der Waals surface area contributed by atoms with Crippen molar-refractivity contribution in [3.05, 3.63) is 71.8 Å². The van der Waals surface area contributed by atoms with Gasteiger partial charge >= 0.3 is 12.0 Å². The molecule has 18 atom stereocenters. The lowest BCUT2D eigenvalue weighted by Crippen LogP contribution is -2.63. The number of carboxylic acids is 1. The molecule has 1 heterocycles. The summed E-state index contributed by atoms with van der Waals surface area (Å²) in [6, 6.07) is -2.90. The lowest BCUT2D eigenvalue weighted by Gasteiger charge is -2.29. The lowest BCUT2D eigenvalue weighted by molar-refractivity contribution is -0.142. The predicted octanol–water partition coefficient (Wildman–Crippen LogP) is -5.65. The second-order valence-electron chi connectivity index (χ2n) is 35.6. The van der Waals surface area contributed by atoms with Crippen molar-refractivity contribution in [3.8, 4) is 0 Å². The summed E-state index contributed by atoms with van der Waals surface area (Å²) in [4.78, 5) is 231. The van der Waals surface area contributed by atoms with Gasteiger partial charge in [0, 0.05) is 44.8 Å². The molecule has 17 amide bonds. The van der Waals surface area contributed by atoms with Crippen molar-refractivity contribution in [2.24, 2.45) is 35.1 Å². The van der Waals surface area contributed by atoms with Gasteiger partial charge in [0.05, 0.1) is 123 Å². The Morgan fingerprint density at radius 1 is 0.393 bits per heavy atom. The molecule has 788 valence electrons. The summed E-state index contributed by atoms with van der Waals surface area (Å²) >= 11 is 0. The van der Waals surface area contributed by atoms with Crippen LogP contribution in [0.4, 0.5) is 4.79 Å². The van der Waals surface area contributed by atoms with Gasteiger partial charge in [-0.2, -0.15) is 0 Å². The summed E-state index contributed by atoms with van der Waals surface area (Å²) in [6.07, 6.45) is 1.75. The monoisotopic (exact) mass is 1980 g/mol. The highest BCUT2D eigenvalue weighted by molar-refractivity contribution is 6.01. The summed E-state index contributed by atoms with van der Waals surface area (Å²) in [5, 5.41) is 105. The largest absolute Gasteiger partial charge is 0.481 e. The van der Waals surface area contributed by atoms with Crippen LogP contribution in [0.15, 0.2) is 60.7 Å². The number of hydrogen-bond acceptors (Lipinski definition) is 29. The maximum Gasteiger partial charge on any atom is 0.315 e. The number of aliphatic hydroxyl groups is 5. The highest BCUT2D eigenvalue weighted by atomic mass is 16.6. The van der Waals surface area contributed by atoms with Gasteiger partial charge in [0.2, 0.25) is 88.6 Å². The van der Waals surface area contributed by atoms with E-state index in [2.05, 4.69) is 90.4 Å². The van der Waals surface area contributed by atoms with E-state index >= 15 is 0 Å². The van der Waals surface area contributed by atoms with E-state index in [1.165, 1.54) is 27.7 Å². The first-order chi connectivity index (χ1) is 66.8. The minimum atomic E-state index is -2.08. The first-order valence-electron chi connectivity index (χ1n) is 48.1. The molecule has 1 aliphatic heterocycles. The number of ether oxygens (including phenoxy) is 5. The molecule has 0 spiro atoms. The Bertz CT molecular complexity index is 4180. The van der Waals surface area contributed by atoms with Crippen molar-refractivity contribution in [1.29, 1.82) is 0 Å². The van der Waals surface area contributed by atoms with Crippen LogP contribution in [-0.4, -0.2) is 346 Å². The first-order valence-corrected chi connectivity index (χ1v) is 48.1. The Labute approximate surface area is 816 Å². The summed E-state index contributed by atoms with van der Waals surface area (Å²) in [5.41, 5.74) is 12.8. The number of nitrogens with two attached hydrogens (primary N) is 2. The number of amides is 17. The number of fused-ring (bicyclic) bond motifs is 1. The van der Waals surface area contributed by atoms with Gasteiger partial charge in [-0.3, -0.25) is 76.7 Å². The molecular formula is C93H153N19O28.